The summed E-state index contributed by atoms with van der Waals surface area (Å²) >= 11 is 0. The van der Waals surface area contributed by atoms with Crippen LogP contribution in [0.3, 0.4) is 0 Å². The van der Waals surface area contributed by atoms with Crippen molar-refractivity contribution in [2.75, 3.05) is 20.2 Å². The van der Waals surface area contributed by atoms with Crippen LogP contribution in [-0.4, -0.2) is 42.9 Å². The molecule has 2 aromatic carbocycles. The molecule has 0 aliphatic heterocycles. The molecule has 0 saturated heterocycles. The second-order valence-corrected chi connectivity index (χ2v) is 6.20. The van der Waals surface area contributed by atoms with E-state index in [2.05, 4.69) is 10.1 Å². The Morgan fingerprint density at radius 1 is 1.07 bits per heavy atom. The average Bonchev–Trinajstić information content (AvgIpc) is 2.75. The predicted molar refractivity (Wildman–Crippen MR) is 107 cm³/mol. The van der Waals surface area contributed by atoms with Crippen LogP contribution >= 0.6 is 0 Å². The molecule has 1 N–H and O–H groups in total. The van der Waals surface area contributed by atoms with Crippen LogP contribution in [0.2, 0.25) is 0 Å². The number of carbonyl (C=O) groups is 3. The molecule has 0 spiro atoms. The lowest BCUT2D eigenvalue weighted by Gasteiger charge is -2.18. The van der Waals surface area contributed by atoms with Crippen molar-refractivity contribution in [1.82, 2.24) is 10.2 Å². The molecule has 0 saturated carbocycles. The topological polar surface area (TPSA) is 75.7 Å². The largest absolute Gasteiger partial charge is 0.465 e. The lowest BCUT2D eigenvalue weighted by Crippen LogP contribution is -2.39. The Hall–Kier alpha value is -3.48. The first-order chi connectivity index (χ1) is 13.9. The van der Waals surface area contributed by atoms with E-state index in [1.165, 1.54) is 30.2 Å². The van der Waals surface area contributed by atoms with Crippen LogP contribution in [0.4, 0.5) is 4.39 Å². The normalized spacial score (nSPS) is 10.6. The Morgan fingerprint density at radius 2 is 1.72 bits per heavy atom. The molecular weight excluding hydrogens is 375 g/mol. The van der Waals surface area contributed by atoms with E-state index >= 15 is 0 Å². The van der Waals surface area contributed by atoms with Gasteiger partial charge in [0.05, 0.1) is 19.2 Å². The van der Waals surface area contributed by atoms with E-state index in [1.54, 1.807) is 49.4 Å². The average molecular weight is 398 g/mol. The van der Waals surface area contributed by atoms with Crippen LogP contribution in [0, 0.1) is 5.82 Å². The van der Waals surface area contributed by atoms with E-state index in [1.807, 2.05) is 0 Å². The van der Waals surface area contributed by atoms with E-state index in [0.717, 1.165) is 11.1 Å². The summed E-state index contributed by atoms with van der Waals surface area (Å²) in [5.74, 6) is -1.38. The standard InChI is InChI=1S/C22H23FN2O4/c1-3-25(15-20(26)24-14-17-6-11-19(23)12-7-17)21(27)13-8-16-4-9-18(10-5-16)22(28)29-2/h4-13H,3,14-15H2,1-2H3,(H,24,26)/b13-8+. The Kier molecular flexibility index (Phi) is 8.09. The summed E-state index contributed by atoms with van der Waals surface area (Å²) < 4.78 is 17.5. The summed E-state index contributed by atoms with van der Waals surface area (Å²) in [5, 5.41) is 2.71. The minimum absolute atomic E-state index is 0.0812. The number of ether oxygens (including phenoxy) is 1. The van der Waals surface area contributed by atoms with Crippen molar-refractivity contribution < 1.29 is 23.5 Å². The number of halogens is 1. The van der Waals surface area contributed by atoms with Gasteiger partial charge in [0.1, 0.15) is 5.82 Å². The third kappa shape index (κ3) is 6.88. The third-order valence-electron chi connectivity index (χ3n) is 4.18. The highest BCUT2D eigenvalue weighted by molar-refractivity contribution is 5.94. The first kappa shape index (κ1) is 21.8. The SMILES string of the molecule is CCN(CC(=O)NCc1ccc(F)cc1)C(=O)/C=C/c1ccc(C(=O)OC)cc1. The highest BCUT2D eigenvalue weighted by Crippen LogP contribution is 2.08. The highest BCUT2D eigenvalue weighted by atomic mass is 19.1. The summed E-state index contributed by atoms with van der Waals surface area (Å²) in [6, 6.07) is 12.4. The molecular formula is C22H23FN2O4. The zero-order valence-electron chi connectivity index (χ0n) is 16.4. The Balaban J connectivity index is 1.88. The van der Waals surface area contributed by atoms with Gasteiger partial charge in [0.15, 0.2) is 0 Å². The van der Waals surface area contributed by atoms with Gasteiger partial charge in [-0.15, -0.1) is 0 Å². The maximum atomic E-state index is 12.9. The second-order valence-electron chi connectivity index (χ2n) is 6.20. The van der Waals surface area contributed by atoms with E-state index in [9.17, 15) is 18.8 Å². The number of benzene rings is 2. The molecule has 0 heterocycles. The lowest BCUT2D eigenvalue weighted by atomic mass is 10.1. The molecule has 0 fully saturated rings. The first-order valence-electron chi connectivity index (χ1n) is 9.09. The summed E-state index contributed by atoms with van der Waals surface area (Å²) in [6.07, 6.45) is 2.99. The van der Waals surface area contributed by atoms with Gasteiger partial charge in [0.2, 0.25) is 11.8 Å². The maximum absolute atomic E-state index is 12.9. The molecule has 0 bridgehead atoms. The fourth-order valence-corrected chi connectivity index (χ4v) is 2.50. The van der Waals surface area contributed by atoms with Gasteiger partial charge in [0, 0.05) is 19.2 Å². The van der Waals surface area contributed by atoms with Crippen LogP contribution in [0.1, 0.15) is 28.4 Å². The molecule has 2 rings (SSSR count). The van der Waals surface area contributed by atoms with Crippen LogP contribution in [0.15, 0.2) is 54.6 Å². The van der Waals surface area contributed by atoms with Crippen molar-refractivity contribution in [2.45, 2.75) is 13.5 Å². The van der Waals surface area contributed by atoms with Crippen molar-refractivity contribution in [3.63, 3.8) is 0 Å². The summed E-state index contributed by atoms with van der Waals surface area (Å²) in [6.45, 7) is 2.33. The number of rotatable bonds is 8. The summed E-state index contributed by atoms with van der Waals surface area (Å²) in [4.78, 5) is 37.3. The number of hydrogen-bond donors (Lipinski definition) is 1. The van der Waals surface area contributed by atoms with Gasteiger partial charge in [-0.05, 0) is 48.4 Å². The van der Waals surface area contributed by atoms with Gasteiger partial charge in [-0.1, -0.05) is 24.3 Å². The molecule has 0 radical (unpaired) electrons. The highest BCUT2D eigenvalue weighted by Gasteiger charge is 2.13. The minimum atomic E-state index is -0.430. The lowest BCUT2D eigenvalue weighted by molar-refractivity contribution is -0.132. The number of carbonyl (C=O) groups excluding carboxylic acids is 3. The van der Waals surface area contributed by atoms with Crippen LogP contribution < -0.4 is 5.32 Å². The molecule has 7 heteroatoms. The molecule has 6 nitrogen and oxygen atoms in total. The van der Waals surface area contributed by atoms with Gasteiger partial charge in [-0.2, -0.15) is 0 Å². The quantitative estimate of drug-likeness (QED) is 0.548. The minimum Gasteiger partial charge on any atom is -0.465 e. The summed E-state index contributed by atoms with van der Waals surface area (Å²) in [5.41, 5.74) is 1.93. The fraction of sp³-hybridized carbons (Fsp3) is 0.227. The predicted octanol–water partition coefficient (Wildman–Crippen LogP) is 2.79. The molecule has 2 aromatic rings. The zero-order valence-corrected chi connectivity index (χ0v) is 16.4. The van der Waals surface area contributed by atoms with E-state index < -0.39 is 5.97 Å². The van der Waals surface area contributed by atoms with Crippen molar-refractivity contribution in [1.29, 1.82) is 0 Å². The van der Waals surface area contributed by atoms with Crippen LogP contribution in [0.5, 0.6) is 0 Å². The smallest absolute Gasteiger partial charge is 0.337 e. The van der Waals surface area contributed by atoms with E-state index in [4.69, 9.17) is 0 Å². The zero-order chi connectivity index (χ0) is 21.2. The third-order valence-corrected chi connectivity index (χ3v) is 4.18. The van der Waals surface area contributed by atoms with Gasteiger partial charge in [-0.25, -0.2) is 9.18 Å². The molecule has 0 aromatic heterocycles. The number of nitrogens with zero attached hydrogens (tertiary/aromatic N) is 1. The molecule has 0 aliphatic carbocycles. The van der Waals surface area contributed by atoms with Crippen molar-refractivity contribution >= 4 is 23.9 Å². The van der Waals surface area contributed by atoms with E-state index in [0.29, 0.717) is 12.1 Å². The van der Waals surface area contributed by atoms with Gasteiger partial charge in [-0.3, -0.25) is 9.59 Å². The molecule has 2 amide bonds. The number of methoxy groups -OCH3 is 1. The number of amides is 2. The maximum Gasteiger partial charge on any atom is 0.337 e. The van der Waals surface area contributed by atoms with E-state index in [-0.39, 0.29) is 30.7 Å². The molecule has 0 atom stereocenters. The summed E-state index contributed by atoms with van der Waals surface area (Å²) in [7, 11) is 1.31. The fourth-order valence-electron chi connectivity index (χ4n) is 2.50. The van der Waals surface area contributed by atoms with Gasteiger partial charge < -0.3 is 15.0 Å². The Morgan fingerprint density at radius 3 is 2.31 bits per heavy atom. The van der Waals surface area contributed by atoms with Gasteiger partial charge >= 0.3 is 5.97 Å². The molecule has 152 valence electrons. The first-order valence-corrected chi connectivity index (χ1v) is 9.09. The number of esters is 1. The number of likely N-dealkylation sites (N-methyl/N-ethyl adjacent to an activating group) is 1. The molecule has 0 aliphatic rings. The number of nitrogens with one attached hydrogen (secondary N) is 1. The van der Waals surface area contributed by atoms with Gasteiger partial charge in [0.25, 0.3) is 0 Å². The second kappa shape index (κ2) is 10.8. The Labute approximate surface area is 169 Å². The van der Waals surface area contributed by atoms with Crippen molar-refractivity contribution in [2.24, 2.45) is 0 Å². The molecule has 0 unspecified atom stereocenters. The van der Waals surface area contributed by atoms with Crippen molar-refractivity contribution in [3.05, 3.63) is 77.1 Å². The van der Waals surface area contributed by atoms with Crippen LogP contribution in [0.25, 0.3) is 6.08 Å². The molecule has 29 heavy (non-hydrogen) atoms. The van der Waals surface area contributed by atoms with Crippen molar-refractivity contribution in [3.8, 4) is 0 Å². The number of hydrogen-bond acceptors (Lipinski definition) is 4. The van der Waals surface area contributed by atoms with Crippen LogP contribution in [-0.2, 0) is 20.9 Å². The monoisotopic (exact) mass is 398 g/mol. The Bertz CT molecular complexity index is 877.